The molecule has 4 nitrogen and oxygen atoms in total. The average molecular weight is 207 g/mol. The van der Waals surface area contributed by atoms with Crippen LogP contribution in [0.15, 0.2) is 30.3 Å². The van der Waals surface area contributed by atoms with Gasteiger partial charge in [-0.3, -0.25) is 4.79 Å². The first-order chi connectivity index (χ1) is 7.33. The van der Waals surface area contributed by atoms with Crippen LogP contribution in [0.1, 0.15) is 0 Å². The summed E-state index contributed by atoms with van der Waals surface area (Å²) >= 11 is 0. The molecule has 1 unspecified atom stereocenters. The van der Waals surface area contributed by atoms with E-state index in [2.05, 4.69) is 0 Å². The summed E-state index contributed by atoms with van der Waals surface area (Å²) in [7, 11) is 0. The minimum Gasteiger partial charge on any atom is -0.393 e. The zero-order chi connectivity index (χ0) is 10.7. The Morgan fingerprint density at radius 1 is 1.40 bits per heavy atom. The van der Waals surface area contributed by atoms with Crippen LogP contribution in [0.5, 0.6) is 0 Å². The van der Waals surface area contributed by atoms with Crippen molar-refractivity contribution in [1.29, 1.82) is 0 Å². The largest absolute Gasteiger partial charge is 0.393 e. The Labute approximate surface area is 88.1 Å². The molecule has 0 bridgehead atoms. The Balaban J connectivity index is 2.19. The molecule has 1 aliphatic heterocycles. The number of ether oxygens (including phenoxy) is 1. The number of aliphatic hydroxyl groups excluding tert-OH is 1. The predicted octanol–water partition coefficient (Wildman–Crippen LogP) is 0.411. The number of para-hydroxylation sites is 1. The number of carbonyl (C=O) groups excluding carboxylic acids is 1. The number of amides is 1. The summed E-state index contributed by atoms with van der Waals surface area (Å²) in [6.07, 6.45) is -0.709. The lowest BCUT2D eigenvalue weighted by molar-refractivity contribution is -0.136. The van der Waals surface area contributed by atoms with Crippen molar-refractivity contribution in [2.75, 3.05) is 24.7 Å². The van der Waals surface area contributed by atoms with Crippen LogP contribution in [0.25, 0.3) is 0 Å². The Morgan fingerprint density at radius 2 is 2.13 bits per heavy atom. The van der Waals surface area contributed by atoms with E-state index in [1.54, 1.807) is 4.90 Å². The van der Waals surface area contributed by atoms with Gasteiger partial charge in [-0.1, -0.05) is 18.2 Å². The molecule has 0 aromatic heterocycles. The van der Waals surface area contributed by atoms with E-state index in [0.29, 0.717) is 13.2 Å². The molecule has 1 heterocycles. The maximum atomic E-state index is 11.8. The maximum absolute atomic E-state index is 11.8. The van der Waals surface area contributed by atoms with Gasteiger partial charge in [0.25, 0.3) is 5.91 Å². The van der Waals surface area contributed by atoms with Crippen LogP contribution >= 0.6 is 0 Å². The van der Waals surface area contributed by atoms with Crippen LogP contribution in [-0.4, -0.2) is 36.9 Å². The van der Waals surface area contributed by atoms with Gasteiger partial charge in [-0.25, -0.2) is 0 Å². The third-order valence-corrected chi connectivity index (χ3v) is 2.41. The van der Waals surface area contributed by atoms with Gasteiger partial charge in [-0.15, -0.1) is 0 Å². The van der Waals surface area contributed by atoms with Gasteiger partial charge < -0.3 is 14.7 Å². The Hall–Kier alpha value is -1.39. The quantitative estimate of drug-likeness (QED) is 0.764. The van der Waals surface area contributed by atoms with Crippen LogP contribution in [0.4, 0.5) is 5.69 Å². The summed E-state index contributed by atoms with van der Waals surface area (Å²) in [5, 5.41) is 8.95. The van der Waals surface area contributed by atoms with Gasteiger partial charge in [0.1, 0.15) is 0 Å². The molecule has 4 heteroatoms. The molecule has 0 aliphatic carbocycles. The van der Waals surface area contributed by atoms with Gasteiger partial charge >= 0.3 is 0 Å². The van der Waals surface area contributed by atoms with Crippen molar-refractivity contribution in [3.63, 3.8) is 0 Å². The van der Waals surface area contributed by atoms with Crippen LogP contribution in [0.3, 0.4) is 0 Å². The first-order valence-corrected chi connectivity index (χ1v) is 4.92. The highest BCUT2D eigenvalue weighted by atomic mass is 16.5. The summed E-state index contributed by atoms with van der Waals surface area (Å²) in [5.74, 6) is -0.171. The van der Waals surface area contributed by atoms with E-state index in [1.165, 1.54) is 0 Å². The maximum Gasteiger partial charge on any atom is 0.258 e. The van der Waals surface area contributed by atoms with E-state index in [-0.39, 0.29) is 12.5 Å². The van der Waals surface area contributed by atoms with Crippen LogP contribution in [0, 0.1) is 0 Å². The van der Waals surface area contributed by atoms with Crippen LogP contribution in [0.2, 0.25) is 0 Å². The molecule has 1 N–H and O–H groups in total. The van der Waals surface area contributed by atoms with Gasteiger partial charge in [0.15, 0.2) is 6.10 Å². The minimum absolute atomic E-state index is 0.171. The molecule has 15 heavy (non-hydrogen) atoms. The number of aliphatic hydroxyl groups is 1. The highest BCUT2D eigenvalue weighted by molar-refractivity contribution is 5.97. The number of anilines is 1. The second kappa shape index (κ2) is 4.42. The van der Waals surface area contributed by atoms with Gasteiger partial charge in [0.05, 0.1) is 13.2 Å². The summed E-state index contributed by atoms with van der Waals surface area (Å²) in [4.78, 5) is 13.4. The zero-order valence-electron chi connectivity index (χ0n) is 8.30. The first-order valence-electron chi connectivity index (χ1n) is 4.92. The minimum atomic E-state index is -0.709. The zero-order valence-corrected chi connectivity index (χ0v) is 8.30. The molecule has 2 rings (SSSR count). The highest BCUT2D eigenvalue weighted by Gasteiger charge is 2.29. The topological polar surface area (TPSA) is 49.8 Å². The fraction of sp³-hybridized carbons (Fsp3) is 0.364. The third-order valence-electron chi connectivity index (χ3n) is 2.41. The van der Waals surface area contributed by atoms with E-state index < -0.39 is 6.10 Å². The lowest BCUT2D eigenvalue weighted by Crippen LogP contribution is -2.49. The van der Waals surface area contributed by atoms with Gasteiger partial charge in [0.2, 0.25) is 0 Å². The van der Waals surface area contributed by atoms with Crippen LogP contribution < -0.4 is 4.90 Å². The molecule has 1 atom stereocenters. The van der Waals surface area contributed by atoms with Gasteiger partial charge in [-0.2, -0.15) is 0 Å². The second-order valence-electron chi connectivity index (χ2n) is 3.37. The first kappa shape index (κ1) is 10.1. The van der Waals surface area contributed by atoms with Crippen molar-refractivity contribution < 1.29 is 14.6 Å². The smallest absolute Gasteiger partial charge is 0.258 e. The van der Waals surface area contributed by atoms with E-state index in [0.717, 1.165) is 5.69 Å². The lowest BCUT2D eigenvalue weighted by atomic mass is 10.2. The Kier molecular flexibility index (Phi) is 2.99. The lowest BCUT2D eigenvalue weighted by Gasteiger charge is -2.31. The molecule has 1 saturated heterocycles. The van der Waals surface area contributed by atoms with Gasteiger partial charge in [-0.05, 0) is 12.1 Å². The van der Waals surface area contributed by atoms with Crippen molar-refractivity contribution in [2.24, 2.45) is 0 Å². The molecule has 1 aromatic rings. The van der Waals surface area contributed by atoms with Gasteiger partial charge in [0, 0.05) is 12.2 Å². The van der Waals surface area contributed by atoms with Crippen LogP contribution in [-0.2, 0) is 9.53 Å². The Morgan fingerprint density at radius 3 is 2.80 bits per heavy atom. The van der Waals surface area contributed by atoms with Crippen molar-refractivity contribution in [3.8, 4) is 0 Å². The summed E-state index contributed by atoms with van der Waals surface area (Å²) in [6, 6.07) is 9.41. The summed E-state index contributed by atoms with van der Waals surface area (Å²) in [6.45, 7) is 0.743. The molecule has 1 amide bonds. The number of rotatable bonds is 2. The SMILES string of the molecule is O=C1C(CO)OCCN1c1ccccc1. The van der Waals surface area contributed by atoms with E-state index in [4.69, 9.17) is 9.84 Å². The average Bonchev–Trinajstić information content (AvgIpc) is 2.30. The summed E-state index contributed by atoms with van der Waals surface area (Å²) < 4.78 is 5.15. The molecular formula is C11H13NO3. The third kappa shape index (κ3) is 2.00. The molecule has 80 valence electrons. The molecule has 1 aromatic carbocycles. The van der Waals surface area contributed by atoms with Crippen molar-refractivity contribution in [1.82, 2.24) is 0 Å². The highest BCUT2D eigenvalue weighted by Crippen LogP contribution is 2.17. The van der Waals surface area contributed by atoms with Crippen molar-refractivity contribution in [2.45, 2.75) is 6.10 Å². The number of hydrogen-bond acceptors (Lipinski definition) is 3. The number of nitrogens with zero attached hydrogens (tertiary/aromatic N) is 1. The van der Waals surface area contributed by atoms with E-state index >= 15 is 0 Å². The van der Waals surface area contributed by atoms with E-state index in [1.807, 2.05) is 30.3 Å². The fourth-order valence-corrected chi connectivity index (χ4v) is 1.64. The molecule has 1 aliphatic rings. The fourth-order valence-electron chi connectivity index (χ4n) is 1.64. The number of benzene rings is 1. The molecule has 0 spiro atoms. The number of morpholine rings is 1. The Bertz CT molecular complexity index is 339. The second-order valence-corrected chi connectivity index (χ2v) is 3.37. The number of hydrogen-bond donors (Lipinski definition) is 1. The molecular weight excluding hydrogens is 194 g/mol. The monoisotopic (exact) mass is 207 g/mol. The molecule has 0 radical (unpaired) electrons. The number of carbonyl (C=O) groups is 1. The van der Waals surface area contributed by atoms with Crippen molar-refractivity contribution >= 4 is 11.6 Å². The van der Waals surface area contributed by atoms with Crippen molar-refractivity contribution in [3.05, 3.63) is 30.3 Å². The normalized spacial score (nSPS) is 21.8. The standard InChI is InChI=1S/C11H13NO3/c13-8-10-11(14)12(6-7-15-10)9-4-2-1-3-5-9/h1-5,10,13H,6-8H2. The van der Waals surface area contributed by atoms with E-state index in [9.17, 15) is 4.79 Å². The molecule has 0 saturated carbocycles. The molecule has 1 fully saturated rings. The predicted molar refractivity (Wildman–Crippen MR) is 55.6 cm³/mol. The summed E-state index contributed by atoms with van der Waals surface area (Å²) in [5.41, 5.74) is 0.851.